The lowest BCUT2D eigenvalue weighted by molar-refractivity contribution is -0.138. The third kappa shape index (κ3) is 1.75. The van der Waals surface area contributed by atoms with Gasteiger partial charge in [-0.15, -0.1) is 0 Å². The van der Waals surface area contributed by atoms with Crippen molar-refractivity contribution in [1.82, 2.24) is 4.57 Å². The second-order valence-electron chi connectivity index (χ2n) is 4.01. The highest BCUT2D eigenvalue weighted by molar-refractivity contribution is 9.10. The van der Waals surface area contributed by atoms with Crippen molar-refractivity contribution in [2.24, 2.45) is 12.8 Å². The minimum atomic E-state index is -1.01. The number of nitrogens with zero attached hydrogens (tertiary/aromatic N) is 1. The van der Waals surface area contributed by atoms with Gasteiger partial charge in [-0.25, -0.2) is 0 Å². The molecule has 1 unspecified atom stereocenters. The van der Waals surface area contributed by atoms with Crippen molar-refractivity contribution >= 4 is 32.8 Å². The molecule has 1 atom stereocenters. The van der Waals surface area contributed by atoms with E-state index in [4.69, 9.17) is 10.8 Å². The van der Waals surface area contributed by atoms with Crippen molar-refractivity contribution < 1.29 is 9.90 Å². The van der Waals surface area contributed by atoms with Gasteiger partial charge < -0.3 is 15.4 Å². The predicted octanol–water partition coefficient (Wildman–Crippen LogP) is 2.33. The first-order valence-electron chi connectivity index (χ1n) is 5.17. The van der Waals surface area contributed by atoms with Crippen molar-refractivity contribution in [3.8, 4) is 0 Å². The Morgan fingerprint density at radius 1 is 1.53 bits per heavy atom. The number of benzene rings is 1. The van der Waals surface area contributed by atoms with Gasteiger partial charge in [0.2, 0.25) is 0 Å². The number of hydrogen-bond acceptors (Lipinski definition) is 2. The van der Waals surface area contributed by atoms with Gasteiger partial charge >= 0.3 is 5.97 Å². The van der Waals surface area contributed by atoms with Crippen LogP contribution in [-0.2, 0) is 11.8 Å². The standard InChI is InChI=1S/C12H13BrN2O2/c1-6-9(10(14)12(16)17)7-4-3-5-8(13)11(7)15(6)2/h3-5,10H,14H2,1-2H3,(H,16,17). The van der Waals surface area contributed by atoms with Gasteiger partial charge in [0, 0.05) is 28.2 Å². The molecule has 0 aliphatic carbocycles. The Bertz CT molecular complexity index is 604. The molecular formula is C12H13BrN2O2. The molecule has 1 aromatic heterocycles. The van der Waals surface area contributed by atoms with Crippen LogP contribution in [-0.4, -0.2) is 15.6 Å². The Labute approximate surface area is 107 Å². The third-order valence-corrected chi connectivity index (χ3v) is 3.72. The average Bonchev–Trinajstić information content (AvgIpc) is 2.52. The molecule has 0 bridgehead atoms. The zero-order valence-corrected chi connectivity index (χ0v) is 11.2. The van der Waals surface area contributed by atoms with Crippen molar-refractivity contribution in [2.45, 2.75) is 13.0 Å². The van der Waals surface area contributed by atoms with E-state index in [1.54, 1.807) is 0 Å². The molecule has 0 amide bonds. The average molecular weight is 297 g/mol. The summed E-state index contributed by atoms with van der Waals surface area (Å²) in [5.41, 5.74) is 8.26. The lowest BCUT2D eigenvalue weighted by Crippen LogP contribution is -2.21. The number of hydrogen-bond donors (Lipinski definition) is 2. The number of nitrogens with two attached hydrogens (primary N) is 1. The molecule has 90 valence electrons. The highest BCUT2D eigenvalue weighted by atomic mass is 79.9. The van der Waals surface area contributed by atoms with E-state index in [2.05, 4.69) is 15.9 Å². The molecule has 4 nitrogen and oxygen atoms in total. The van der Waals surface area contributed by atoms with Gasteiger partial charge in [0.15, 0.2) is 0 Å². The van der Waals surface area contributed by atoms with Crippen molar-refractivity contribution in [3.05, 3.63) is 33.9 Å². The Balaban J connectivity index is 2.85. The first-order valence-corrected chi connectivity index (χ1v) is 5.96. The van der Waals surface area contributed by atoms with E-state index in [-0.39, 0.29) is 0 Å². The minimum Gasteiger partial charge on any atom is -0.480 e. The highest BCUT2D eigenvalue weighted by Gasteiger charge is 2.23. The fourth-order valence-electron chi connectivity index (χ4n) is 2.13. The van der Waals surface area contributed by atoms with Gasteiger partial charge in [-0.3, -0.25) is 4.79 Å². The molecule has 2 rings (SSSR count). The lowest BCUT2D eigenvalue weighted by atomic mass is 10.0. The molecule has 1 heterocycles. The van der Waals surface area contributed by atoms with Crippen LogP contribution >= 0.6 is 15.9 Å². The van der Waals surface area contributed by atoms with Gasteiger partial charge in [-0.2, -0.15) is 0 Å². The highest BCUT2D eigenvalue weighted by Crippen LogP contribution is 2.33. The molecule has 1 aromatic carbocycles. The van der Waals surface area contributed by atoms with Crippen molar-refractivity contribution in [2.75, 3.05) is 0 Å². The zero-order chi connectivity index (χ0) is 12.7. The van der Waals surface area contributed by atoms with Crippen LogP contribution in [0.3, 0.4) is 0 Å². The van der Waals surface area contributed by atoms with Crippen LogP contribution in [0, 0.1) is 6.92 Å². The first-order chi connectivity index (χ1) is 7.95. The molecule has 0 aliphatic heterocycles. The second-order valence-corrected chi connectivity index (χ2v) is 4.86. The number of fused-ring (bicyclic) bond motifs is 1. The molecule has 0 aliphatic rings. The summed E-state index contributed by atoms with van der Waals surface area (Å²) in [6.07, 6.45) is 0. The maximum atomic E-state index is 11.0. The summed E-state index contributed by atoms with van der Waals surface area (Å²) in [5, 5.41) is 9.94. The number of halogens is 1. The fourth-order valence-corrected chi connectivity index (χ4v) is 2.77. The minimum absolute atomic E-state index is 0.677. The van der Waals surface area contributed by atoms with E-state index in [1.807, 2.05) is 36.7 Å². The normalized spacial score (nSPS) is 12.9. The van der Waals surface area contributed by atoms with Gasteiger partial charge in [0.1, 0.15) is 6.04 Å². The largest absolute Gasteiger partial charge is 0.480 e. The Morgan fingerprint density at radius 2 is 2.18 bits per heavy atom. The molecule has 0 radical (unpaired) electrons. The maximum Gasteiger partial charge on any atom is 0.325 e. The predicted molar refractivity (Wildman–Crippen MR) is 69.9 cm³/mol. The van der Waals surface area contributed by atoms with Gasteiger partial charge in [0.25, 0.3) is 0 Å². The molecule has 17 heavy (non-hydrogen) atoms. The van der Waals surface area contributed by atoms with Gasteiger partial charge in [-0.05, 0) is 28.9 Å². The van der Waals surface area contributed by atoms with E-state index in [1.165, 1.54) is 0 Å². The molecule has 2 aromatic rings. The summed E-state index contributed by atoms with van der Waals surface area (Å²) in [4.78, 5) is 11.0. The van der Waals surface area contributed by atoms with Crippen LogP contribution in [0.15, 0.2) is 22.7 Å². The van der Waals surface area contributed by atoms with Crippen LogP contribution in [0.2, 0.25) is 0 Å². The molecule has 5 heteroatoms. The quantitative estimate of drug-likeness (QED) is 0.894. The number of para-hydroxylation sites is 1. The Hall–Kier alpha value is -1.33. The number of carbonyl (C=O) groups is 1. The number of aryl methyl sites for hydroxylation is 1. The van der Waals surface area contributed by atoms with E-state index < -0.39 is 12.0 Å². The van der Waals surface area contributed by atoms with Crippen LogP contribution in [0.5, 0.6) is 0 Å². The topological polar surface area (TPSA) is 68.2 Å². The molecular weight excluding hydrogens is 284 g/mol. The smallest absolute Gasteiger partial charge is 0.325 e. The summed E-state index contributed by atoms with van der Waals surface area (Å²) < 4.78 is 2.89. The molecule has 0 saturated heterocycles. The second kappa shape index (κ2) is 4.16. The summed E-state index contributed by atoms with van der Waals surface area (Å²) in [5.74, 6) is -1.01. The van der Waals surface area contributed by atoms with Crippen LogP contribution < -0.4 is 5.73 Å². The number of aliphatic carboxylic acids is 1. The fraction of sp³-hybridized carbons (Fsp3) is 0.250. The number of rotatable bonds is 2. The summed E-state index contributed by atoms with van der Waals surface area (Å²) in [6.45, 7) is 1.88. The monoisotopic (exact) mass is 296 g/mol. The number of carboxylic acids is 1. The molecule has 0 spiro atoms. The first kappa shape index (κ1) is 12.1. The van der Waals surface area contributed by atoms with Crippen molar-refractivity contribution in [1.29, 1.82) is 0 Å². The van der Waals surface area contributed by atoms with E-state index in [0.29, 0.717) is 5.56 Å². The summed E-state index contributed by atoms with van der Waals surface area (Å²) in [6, 6.07) is 4.71. The number of aromatic nitrogens is 1. The Morgan fingerprint density at radius 3 is 2.76 bits per heavy atom. The van der Waals surface area contributed by atoms with E-state index in [9.17, 15) is 4.79 Å². The van der Waals surface area contributed by atoms with Crippen LogP contribution in [0.1, 0.15) is 17.3 Å². The molecule has 0 saturated carbocycles. The summed E-state index contributed by atoms with van der Waals surface area (Å²) in [7, 11) is 1.90. The molecule has 3 N–H and O–H groups in total. The van der Waals surface area contributed by atoms with Crippen LogP contribution in [0.4, 0.5) is 0 Å². The number of carboxylic acid groups (broad SMARTS) is 1. The molecule has 0 fully saturated rings. The maximum absolute atomic E-state index is 11.0. The van der Waals surface area contributed by atoms with Gasteiger partial charge in [0.05, 0.1) is 5.52 Å². The lowest BCUT2D eigenvalue weighted by Gasteiger charge is -2.07. The summed E-state index contributed by atoms with van der Waals surface area (Å²) >= 11 is 3.47. The van der Waals surface area contributed by atoms with E-state index in [0.717, 1.165) is 21.1 Å². The SMILES string of the molecule is Cc1c(C(N)C(=O)O)c2cccc(Br)c2n1C. The van der Waals surface area contributed by atoms with Crippen LogP contribution in [0.25, 0.3) is 10.9 Å². The van der Waals surface area contributed by atoms with Gasteiger partial charge in [-0.1, -0.05) is 12.1 Å². The van der Waals surface area contributed by atoms with Crippen molar-refractivity contribution in [3.63, 3.8) is 0 Å². The van der Waals surface area contributed by atoms with E-state index >= 15 is 0 Å². The zero-order valence-electron chi connectivity index (χ0n) is 9.57. The third-order valence-electron chi connectivity index (χ3n) is 3.08. The Kier molecular flexibility index (Phi) is 2.97.